The zero-order chi connectivity index (χ0) is 18.7. The number of nitrogens with two attached hydrogens (primary N) is 1. The van der Waals surface area contributed by atoms with E-state index in [9.17, 15) is 4.79 Å². The van der Waals surface area contributed by atoms with Gasteiger partial charge in [0.25, 0.3) is 0 Å². The first-order valence-corrected chi connectivity index (χ1v) is 8.89. The fourth-order valence-electron chi connectivity index (χ4n) is 2.25. The summed E-state index contributed by atoms with van der Waals surface area (Å²) < 4.78 is 7.13. The molecule has 0 spiro atoms. The summed E-state index contributed by atoms with van der Waals surface area (Å²) in [6.45, 7) is 0. The summed E-state index contributed by atoms with van der Waals surface area (Å²) in [7, 11) is 1.27. The predicted octanol–water partition coefficient (Wildman–Crippen LogP) is 3.42. The van der Waals surface area contributed by atoms with Gasteiger partial charge >= 0.3 is 5.97 Å². The average molecular weight is 430 g/mol. The first-order valence-electron chi connectivity index (χ1n) is 7.28. The Kier molecular flexibility index (Phi) is 5.25. The van der Waals surface area contributed by atoms with Crippen molar-refractivity contribution in [2.45, 2.75) is 10.1 Å². The fraction of sp³-hybridized carbons (Fsp3) is 0.0588. The molecule has 0 aliphatic heterocycles. The molecule has 0 unspecified atom stereocenters. The van der Waals surface area contributed by atoms with Crippen LogP contribution in [0.1, 0.15) is 16.1 Å². The molecule has 0 aliphatic carbocycles. The second-order valence-corrected chi connectivity index (χ2v) is 7.01. The highest BCUT2D eigenvalue weighted by Crippen LogP contribution is 2.28. The molecule has 0 fully saturated rings. The molecule has 7 nitrogen and oxygen atoms in total. The largest absolute Gasteiger partial charge is 0.464 e. The second kappa shape index (κ2) is 7.59. The minimum absolute atomic E-state index is 0.0982. The van der Waals surface area contributed by atoms with Gasteiger partial charge in [0.1, 0.15) is 6.07 Å². The van der Waals surface area contributed by atoms with E-state index in [1.807, 2.05) is 30.3 Å². The number of anilines is 1. The third-order valence-corrected chi connectivity index (χ3v) is 4.78. The first-order chi connectivity index (χ1) is 12.5. The molecule has 0 saturated heterocycles. The number of aromatic nitrogens is 3. The van der Waals surface area contributed by atoms with Crippen molar-refractivity contribution in [3.8, 4) is 11.8 Å². The lowest BCUT2D eigenvalue weighted by Gasteiger charge is -2.09. The number of nitrogen functional groups attached to an aromatic ring is 1. The monoisotopic (exact) mass is 429 g/mol. The molecule has 3 rings (SSSR count). The van der Waals surface area contributed by atoms with E-state index in [1.54, 1.807) is 17.0 Å². The lowest BCUT2D eigenvalue weighted by Crippen LogP contribution is -2.11. The molecule has 130 valence electrons. The number of carbonyl (C=O) groups is 1. The highest BCUT2D eigenvalue weighted by Gasteiger charge is 2.21. The molecule has 9 heteroatoms. The topological polar surface area (TPSA) is 107 Å². The van der Waals surface area contributed by atoms with Crippen LogP contribution in [0.3, 0.4) is 0 Å². The maximum absolute atomic E-state index is 12.0. The van der Waals surface area contributed by atoms with E-state index >= 15 is 0 Å². The van der Waals surface area contributed by atoms with Crippen molar-refractivity contribution >= 4 is 39.3 Å². The Labute approximate surface area is 161 Å². The number of benzene rings is 1. The highest BCUT2D eigenvalue weighted by atomic mass is 79.9. The maximum atomic E-state index is 12.0. The molecule has 0 radical (unpaired) electrons. The van der Waals surface area contributed by atoms with Gasteiger partial charge in [0.15, 0.2) is 10.9 Å². The summed E-state index contributed by atoms with van der Waals surface area (Å²) in [5, 5.41) is 9.79. The summed E-state index contributed by atoms with van der Waals surface area (Å²) in [5.41, 5.74) is 7.02. The van der Waals surface area contributed by atoms with Crippen LogP contribution in [0.15, 0.2) is 57.4 Å². The Hall–Kier alpha value is -2.83. The van der Waals surface area contributed by atoms with Gasteiger partial charge in [-0.3, -0.25) is 0 Å². The van der Waals surface area contributed by atoms with Gasteiger partial charge in [0.2, 0.25) is 0 Å². The van der Waals surface area contributed by atoms with E-state index in [-0.39, 0.29) is 16.9 Å². The fourth-order valence-corrected chi connectivity index (χ4v) is 3.15. The Morgan fingerprint density at radius 1 is 1.31 bits per heavy atom. The molecule has 0 atom stereocenters. The first kappa shape index (κ1) is 18.0. The summed E-state index contributed by atoms with van der Waals surface area (Å²) in [6, 6.07) is 9.34. The smallest absolute Gasteiger partial charge is 0.357 e. The number of hydrogen-bond donors (Lipinski definition) is 1. The van der Waals surface area contributed by atoms with E-state index < -0.39 is 5.97 Å². The molecule has 0 amide bonds. The number of rotatable bonds is 4. The number of esters is 1. The van der Waals surface area contributed by atoms with Gasteiger partial charge in [-0.1, -0.05) is 0 Å². The van der Waals surface area contributed by atoms with Gasteiger partial charge < -0.3 is 15.0 Å². The Morgan fingerprint density at radius 3 is 2.54 bits per heavy atom. The van der Waals surface area contributed by atoms with Crippen LogP contribution in [0.25, 0.3) is 5.69 Å². The van der Waals surface area contributed by atoms with Crippen LogP contribution in [0.2, 0.25) is 0 Å². The standard InChI is InChI=1S/C17H12BrN5O2S/c1-25-16(24)15-14(20)10(6-19)9-23(15)12-2-4-13(5-3-12)26-17-21-7-11(18)8-22-17/h2-5,7-9H,20H2,1H3. The third-order valence-electron chi connectivity index (χ3n) is 3.46. The number of carbonyl (C=O) groups excluding carboxylic acids is 1. The molecule has 0 aliphatic rings. The van der Waals surface area contributed by atoms with Crippen LogP contribution in [0.5, 0.6) is 0 Å². The number of hydrogen-bond acceptors (Lipinski definition) is 7. The maximum Gasteiger partial charge on any atom is 0.357 e. The van der Waals surface area contributed by atoms with Crippen molar-refractivity contribution in [3.63, 3.8) is 0 Å². The third kappa shape index (κ3) is 3.56. The van der Waals surface area contributed by atoms with Crippen LogP contribution in [0.4, 0.5) is 5.69 Å². The normalized spacial score (nSPS) is 10.3. The number of halogens is 1. The highest BCUT2D eigenvalue weighted by molar-refractivity contribution is 9.10. The Bertz CT molecular complexity index is 994. The molecule has 3 aromatic rings. The van der Waals surface area contributed by atoms with Crippen LogP contribution in [0, 0.1) is 11.3 Å². The number of nitrogens with zero attached hydrogens (tertiary/aromatic N) is 4. The zero-order valence-corrected chi connectivity index (χ0v) is 15.9. The zero-order valence-electron chi connectivity index (χ0n) is 13.5. The van der Waals surface area contributed by atoms with E-state index in [0.29, 0.717) is 10.8 Å². The van der Waals surface area contributed by atoms with E-state index in [0.717, 1.165) is 9.37 Å². The van der Waals surface area contributed by atoms with Gasteiger partial charge in [-0.25, -0.2) is 14.8 Å². The molecule has 1 aromatic carbocycles. The quantitative estimate of drug-likeness (QED) is 0.499. The molecule has 26 heavy (non-hydrogen) atoms. The van der Waals surface area contributed by atoms with E-state index in [2.05, 4.69) is 25.9 Å². The number of ether oxygens (including phenoxy) is 1. The van der Waals surface area contributed by atoms with Gasteiger partial charge in [0.05, 0.1) is 22.8 Å². The van der Waals surface area contributed by atoms with Gasteiger partial charge in [-0.15, -0.1) is 0 Å². The van der Waals surface area contributed by atoms with Crippen LogP contribution >= 0.6 is 27.7 Å². The molecule has 2 heterocycles. The Morgan fingerprint density at radius 2 is 1.96 bits per heavy atom. The Balaban J connectivity index is 1.92. The van der Waals surface area contributed by atoms with Crippen LogP contribution in [-0.2, 0) is 4.74 Å². The van der Waals surface area contributed by atoms with Crippen molar-refractivity contribution in [2.75, 3.05) is 12.8 Å². The number of nitriles is 1. The lowest BCUT2D eigenvalue weighted by atomic mass is 10.2. The molecule has 0 bridgehead atoms. The summed E-state index contributed by atoms with van der Waals surface area (Å²) in [6.07, 6.45) is 4.87. The van der Waals surface area contributed by atoms with Crippen LogP contribution < -0.4 is 5.73 Å². The minimum Gasteiger partial charge on any atom is -0.464 e. The molecule has 2 aromatic heterocycles. The SMILES string of the molecule is COC(=O)c1c(N)c(C#N)cn1-c1ccc(Sc2ncc(Br)cn2)cc1. The average Bonchev–Trinajstić information content (AvgIpc) is 3.00. The van der Waals surface area contributed by atoms with E-state index in [1.165, 1.54) is 25.1 Å². The summed E-state index contributed by atoms with van der Waals surface area (Å²) >= 11 is 4.70. The van der Waals surface area contributed by atoms with Crippen molar-refractivity contribution in [1.29, 1.82) is 5.26 Å². The van der Waals surface area contributed by atoms with E-state index in [4.69, 9.17) is 15.7 Å². The van der Waals surface area contributed by atoms with Gasteiger partial charge in [-0.2, -0.15) is 5.26 Å². The van der Waals surface area contributed by atoms with Crippen molar-refractivity contribution in [1.82, 2.24) is 14.5 Å². The second-order valence-electron chi connectivity index (χ2n) is 5.06. The van der Waals surface area contributed by atoms with Gasteiger partial charge in [0, 0.05) is 29.2 Å². The minimum atomic E-state index is -0.606. The predicted molar refractivity (Wildman–Crippen MR) is 100 cm³/mol. The lowest BCUT2D eigenvalue weighted by molar-refractivity contribution is 0.0593. The molecule has 2 N–H and O–H groups in total. The van der Waals surface area contributed by atoms with Crippen molar-refractivity contribution < 1.29 is 9.53 Å². The summed E-state index contributed by atoms with van der Waals surface area (Å²) in [4.78, 5) is 21.4. The van der Waals surface area contributed by atoms with Crippen LogP contribution in [-0.4, -0.2) is 27.6 Å². The summed E-state index contributed by atoms with van der Waals surface area (Å²) in [5.74, 6) is -0.606. The van der Waals surface area contributed by atoms with Crippen molar-refractivity contribution in [2.24, 2.45) is 0 Å². The molecule has 0 saturated carbocycles. The van der Waals surface area contributed by atoms with Gasteiger partial charge in [-0.05, 0) is 52.0 Å². The molecular formula is C17H12BrN5O2S. The molecular weight excluding hydrogens is 418 g/mol. The number of methoxy groups -OCH3 is 1. The van der Waals surface area contributed by atoms with Crippen molar-refractivity contribution in [3.05, 3.63) is 58.6 Å².